The van der Waals surface area contributed by atoms with E-state index < -0.39 is 0 Å². The van der Waals surface area contributed by atoms with Crippen LogP contribution in [-0.4, -0.2) is 41.3 Å². The molecule has 0 radical (unpaired) electrons. The Bertz CT molecular complexity index is 1070. The molecule has 0 saturated heterocycles. The maximum absolute atomic E-state index is 13.5. The SMILES string of the molecule is CCCCN(CCCC)CCCOc1ccc(C(=O)c2c(C(C)C)cc3ccccn23)cc1Br. The molecule has 0 bridgehead atoms. The zero-order chi connectivity index (χ0) is 24.5. The summed E-state index contributed by atoms with van der Waals surface area (Å²) in [5.41, 5.74) is 3.52. The van der Waals surface area contributed by atoms with E-state index in [0.717, 1.165) is 40.0 Å². The Balaban J connectivity index is 1.66. The van der Waals surface area contributed by atoms with Gasteiger partial charge in [-0.2, -0.15) is 0 Å². The number of nitrogens with zero attached hydrogens (tertiary/aromatic N) is 2. The van der Waals surface area contributed by atoms with Gasteiger partial charge in [0.1, 0.15) is 5.75 Å². The molecule has 4 nitrogen and oxygen atoms in total. The minimum absolute atomic E-state index is 0.0321. The molecule has 0 aliphatic rings. The Morgan fingerprint density at radius 2 is 1.71 bits per heavy atom. The molecule has 0 atom stereocenters. The molecule has 2 heterocycles. The Kier molecular flexibility index (Phi) is 10.2. The minimum Gasteiger partial charge on any atom is -0.492 e. The summed E-state index contributed by atoms with van der Waals surface area (Å²) in [6.45, 7) is 12.8. The van der Waals surface area contributed by atoms with E-state index in [1.165, 1.54) is 38.8 Å². The van der Waals surface area contributed by atoms with Crippen LogP contribution in [-0.2, 0) is 0 Å². The maximum atomic E-state index is 13.5. The van der Waals surface area contributed by atoms with Crippen molar-refractivity contribution in [3.63, 3.8) is 0 Å². The summed E-state index contributed by atoms with van der Waals surface area (Å²) in [6.07, 6.45) is 7.92. The Morgan fingerprint density at radius 1 is 1.00 bits per heavy atom. The number of carbonyl (C=O) groups excluding carboxylic acids is 1. The quantitative estimate of drug-likeness (QED) is 0.159. The van der Waals surface area contributed by atoms with Crippen LogP contribution in [0, 0.1) is 0 Å². The van der Waals surface area contributed by atoms with E-state index >= 15 is 0 Å². The predicted molar refractivity (Wildman–Crippen MR) is 145 cm³/mol. The van der Waals surface area contributed by atoms with Crippen LogP contribution in [0.1, 0.15) is 87.3 Å². The molecule has 2 aromatic heterocycles. The summed E-state index contributed by atoms with van der Waals surface area (Å²) in [7, 11) is 0. The third-order valence-electron chi connectivity index (χ3n) is 6.27. The first-order chi connectivity index (χ1) is 16.5. The van der Waals surface area contributed by atoms with Crippen LogP contribution in [0.15, 0.2) is 53.1 Å². The van der Waals surface area contributed by atoms with Crippen LogP contribution in [0.5, 0.6) is 5.75 Å². The molecule has 0 N–H and O–H groups in total. The maximum Gasteiger partial charge on any atom is 0.210 e. The fourth-order valence-corrected chi connectivity index (χ4v) is 4.78. The second-order valence-electron chi connectivity index (χ2n) is 9.32. The highest BCUT2D eigenvalue weighted by molar-refractivity contribution is 9.10. The smallest absolute Gasteiger partial charge is 0.210 e. The van der Waals surface area contributed by atoms with E-state index in [0.29, 0.717) is 12.2 Å². The van der Waals surface area contributed by atoms with Crippen molar-refractivity contribution in [3.8, 4) is 5.75 Å². The Hall–Kier alpha value is -2.11. The fourth-order valence-electron chi connectivity index (χ4n) is 4.29. The van der Waals surface area contributed by atoms with Gasteiger partial charge in [-0.25, -0.2) is 0 Å². The van der Waals surface area contributed by atoms with Crippen LogP contribution in [0.3, 0.4) is 0 Å². The summed E-state index contributed by atoms with van der Waals surface area (Å²) in [6, 6.07) is 13.8. The van der Waals surface area contributed by atoms with Crippen LogP contribution < -0.4 is 4.74 Å². The molecule has 1 aromatic carbocycles. The molecule has 0 saturated carbocycles. The highest BCUT2D eigenvalue weighted by Crippen LogP contribution is 2.30. The second-order valence-corrected chi connectivity index (χ2v) is 10.2. The van der Waals surface area contributed by atoms with Crippen LogP contribution in [0.25, 0.3) is 5.52 Å². The van der Waals surface area contributed by atoms with Crippen molar-refractivity contribution in [3.05, 3.63) is 70.0 Å². The number of fused-ring (bicyclic) bond motifs is 1. The van der Waals surface area contributed by atoms with Gasteiger partial charge in [-0.1, -0.05) is 46.6 Å². The number of hydrogen-bond acceptors (Lipinski definition) is 3. The summed E-state index contributed by atoms with van der Waals surface area (Å²) < 4.78 is 8.88. The molecule has 0 aliphatic carbocycles. The van der Waals surface area contributed by atoms with Gasteiger partial charge in [0.25, 0.3) is 0 Å². The Morgan fingerprint density at radius 3 is 2.35 bits per heavy atom. The highest BCUT2D eigenvalue weighted by Gasteiger charge is 2.21. The van der Waals surface area contributed by atoms with Crippen LogP contribution >= 0.6 is 15.9 Å². The number of ketones is 1. The molecule has 3 aromatic rings. The number of pyridine rings is 1. The molecule has 5 heteroatoms. The van der Waals surface area contributed by atoms with Gasteiger partial charge in [-0.15, -0.1) is 0 Å². The van der Waals surface area contributed by atoms with Gasteiger partial charge in [-0.05, 0) is 96.2 Å². The number of halogens is 1. The van der Waals surface area contributed by atoms with Crippen LogP contribution in [0.2, 0.25) is 0 Å². The van der Waals surface area contributed by atoms with Crippen molar-refractivity contribution in [1.29, 1.82) is 0 Å². The second kappa shape index (κ2) is 13.1. The zero-order valence-electron chi connectivity index (χ0n) is 21.1. The third kappa shape index (κ3) is 6.73. The van der Waals surface area contributed by atoms with E-state index in [-0.39, 0.29) is 11.7 Å². The number of unbranched alkanes of at least 4 members (excludes halogenated alkanes) is 2. The summed E-state index contributed by atoms with van der Waals surface area (Å²) in [5.74, 6) is 1.08. The van der Waals surface area contributed by atoms with Crippen molar-refractivity contribution in [2.45, 2.75) is 65.7 Å². The molecular formula is C29H39BrN2O2. The van der Waals surface area contributed by atoms with E-state index in [1.54, 1.807) is 0 Å². The lowest BCUT2D eigenvalue weighted by Gasteiger charge is -2.22. The topological polar surface area (TPSA) is 34.0 Å². The normalized spacial score (nSPS) is 11.6. The van der Waals surface area contributed by atoms with Crippen LogP contribution in [0.4, 0.5) is 0 Å². The predicted octanol–water partition coefficient (Wildman–Crippen LogP) is 7.73. The number of rotatable bonds is 14. The third-order valence-corrected chi connectivity index (χ3v) is 6.89. The first-order valence-electron chi connectivity index (χ1n) is 12.8. The number of benzene rings is 1. The van der Waals surface area contributed by atoms with Gasteiger partial charge in [-0.3, -0.25) is 4.79 Å². The summed E-state index contributed by atoms with van der Waals surface area (Å²) in [5, 5.41) is 0. The number of ether oxygens (including phenoxy) is 1. The van der Waals surface area contributed by atoms with Gasteiger partial charge in [0, 0.05) is 23.8 Å². The van der Waals surface area contributed by atoms with Gasteiger partial charge in [0.15, 0.2) is 0 Å². The fraction of sp³-hybridized carbons (Fsp3) is 0.483. The summed E-state index contributed by atoms with van der Waals surface area (Å²) in [4.78, 5) is 16.1. The van der Waals surface area contributed by atoms with Gasteiger partial charge < -0.3 is 14.0 Å². The number of hydrogen-bond donors (Lipinski definition) is 0. The standard InChI is InChI=1S/C29H39BrN2O2/c1-5-7-15-31(16-8-6-2)17-11-19-34-27-14-13-23(20-26(27)30)29(33)28-25(22(3)4)21-24-12-9-10-18-32(24)28/h9-10,12-14,18,20-22H,5-8,11,15-17,19H2,1-4H3. The monoisotopic (exact) mass is 526 g/mol. The average molecular weight is 528 g/mol. The Labute approximate surface area is 213 Å². The lowest BCUT2D eigenvalue weighted by atomic mass is 9.98. The zero-order valence-corrected chi connectivity index (χ0v) is 22.7. The summed E-state index contributed by atoms with van der Waals surface area (Å²) >= 11 is 3.63. The van der Waals surface area contributed by atoms with Gasteiger partial charge >= 0.3 is 0 Å². The van der Waals surface area contributed by atoms with Crippen molar-refractivity contribution < 1.29 is 9.53 Å². The first kappa shape index (κ1) is 26.5. The van der Waals surface area contributed by atoms with E-state index in [9.17, 15) is 4.79 Å². The first-order valence-corrected chi connectivity index (χ1v) is 13.5. The molecule has 0 amide bonds. The molecule has 34 heavy (non-hydrogen) atoms. The van der Waals surface area contributed by atoms with E-state index in [4.69, 9.17) is 4.74 Å². The lowest BCUT2D eigenvalue weighted by molar-refractivity contribution is 0.103. The molecule has 184 valence electrons. The number of aromatic nitrogens is 1. The minimum atomic E-state index is 0.0321. The molecular weight excluding hydrogens is 488 g/mol. The van der Waals surface area contributed by atoms with Crippen molar-refractivity contribution in [1.82, 2.24) is 9.30 Å². The largest absolute Gasteiger partial charge is 0.492 e. The number of carbonyl (C=O) groups is 1. The molecule has 0 fully saturated rings. The lowest BCUT2D eigenvalue weighted by Crippen LogP contribution is -2.28. The van der Waals surface area contributed by atoms with E-state index in [1.807, 2.05) is 47.0 Å². The van der Waals surface area contributed by atoms with Crippen molar-refractivity contribution in [2.24, 2.45) is 0 Å². The average Bonchev–Trinajstić information content (AvgIpc) is 3.23. The molecule has 3 rings (SSSR count). The van der Waals surface area contributed by atoms with Gasteiger partial charge in [0.05, 0.1) is 16.8 Å². The van der Waals surface area contributed by atoms with E-state index in [2.05, 4.69) is 54.6 Å². The molecule has 0 unspecified atom stereocenters. The van der Waals surface area contributed by atoms with Gasteiger partial charge in [0.2, 0.25) is 5.78 Å². The highest BCUT2D eigenvalue weighted by atomic mass is 79.9. The van der Waals surface area contributed by atoms with Crippen molar-refractivity contribution >= 4 is 27.2 Å². The van der Waals surface area contributed by atoms with Crippen molar-refractivity contribution in [2.75, 3.05) is 26.2 Å². The molecule has 0 spiro atoms. The molecule has 0 aliphatic heterocycles.